The first-order valence-corrected chi connectivity index (χ1v) is 4.29. The maximum atomic E-state index is 10.5. The number of rotatable bonds is 3. The molecule has 0 N–H and O–H groups in total. The molecule has 64 valence electrons. The highest BCUT2D eigenvalue weighted by Crippen LogP contribution is 2.15. The minimum absolute atomic E-state index is 0.528. The summed E-state index contributed by atoms with van der Waals surface area (Å²) in [7, 11) is 1.63. The molecule has 0 radical (unpaired) electrons. The van der Waals surface area contributed by atoms with Crippen LogP contribution in [0.5, 0.6) is 0 Å². The molecule has 0 heterocycles. The molecule has 0 amide bonds. The summed E-state index contributed by atoms with van der Waals surface area (Å²) in [6.45, 7) is 0.528. The van der Waals surface area contributed by atoms with E-state index in [1.54, 1.807) is 19.2 Å². The first-order chi connectivity index (χ1) is 5.76. The Balaban J connectivity index is 2.97. The van der Waals surface area contributed by atoms with Crippen molar-refractivity contribution in [3.8, 4) is 0 Å². The van der Waals surface area contributed by atoms with E-state index in [4.69, 9.17) is 4.74 Å². The van der Waals surface area contributed by atoms with Gasteiger partial charge in [0.15, 0.2) is 0 Å². The summed E-state index contributed by atoms with van der Waals surface area (Å²) in [6, 6.07) is 5.50. The van der Waals surface area contributed by atoms with E-state index >= 15 is 0 Å². The van der Waals surface area contributed by atoms with E-state index in [0.29, 0.717) is 12.2 Å². The van der Waals surface area contributed by atoms with Gasteiger partial charge in [-0.25, -0.2) is 0 Å². The Kier molecular flexibility index (Phi) is 3.44. The minimum Gasteiger partial charge on any atom is -0.380 e. The van der Waals surface area contributed by atoms with Gasteiger partial charge in [-0.05, 0) is 23.8 Å². The molecule has 1 rings (SSSR count). The highest BCUT2D eigenvalue weighted by Gasteiger charge is 1.97. The lowest BCUT2D eigenvalue weighted by Crippen LogP contribution is -1.89. The fourth-order valence-electron chi connectivity index (χ4n) is 0.993. The molecule has 0 fully saturated rings. The van der Waals surface area contributed by atoms with Gasteiger partial charge < -0.3 is 4.74 Å². The Morgan fingerprint density at radius 3 is 2.83 bits per heavy atom. The van der Waals surface area contributed by atoms with Crippen molar-refractivity contribution in [3.05, 3.63) is 33.8 Å². The maximum absolute atomic E-state index is 10.5. The molecule has 0 bridgehead atoms. The normalized spacial score (nSPS) is 9.83. The molecule has 0 atom stereocenters. The van der Waals surface area contributed by atoms with Crippen molar-refractivity contribution in [2.45, 2.75) is 6.61 Å². The fraction of sp³-hybridized carbons (Fsp3) is 0.222. The van der Waals surface area contributed by atoms with E-state index < -0.39 is 0 Å². The molecule has 1 aromatic carbocycles. The van der Waals surface area contributed by atoms with E-state index in [1.165, 1.54) is 0 Å². The van der Waals surface area contributed by atoms with Crippen LogP contribution in [0.3, 0.4) is 0 Å². The van der Waals surface area contributed by atoms with Gasteiger partial charge in [0.25, 0.3) is 0 Å². The van der Waals surface area contributed by atoms with E-state index in [2.05, 4.69) is 15.9 Å². The quantitative estimate of drug-likeness (QED) is 0.744. The Morgan fingerprint density at radius 2 is 2.25 bits per heavy atom. The number of carbonyl (C=O) groups is 1. The van der Waals surface area contributed by atoms with Crippen LogP contribution in [-0.2, 0) is 11.3 Å². The number of methoxy groups -OCH3 is 1. The number of hydrogen-bond acceptors (Lipinski definition) is 2. The van der Waals surface area contributed by atoms with Crippen LogP contribution in [0.25, 0.3) is 0 Å². The topological polar surface area (TPSA) is 26.3 Å². The van der Waals surface area contributed by atoms with Gasteiger partial charge in [-0.1, -0.05) is 15.9 Å². The number of halogens is 1. The summed E-state index contributed by atoms with van der Waals surface area (Å²) in [4.78, 5) is 10.5. The predicted molar refractivity (Wildman–Crippen MR) is 50.2 cm³/mol. The van der Waals surface area contributed by atoms with Gasteiger partial charge in [0.2, 0.25) is 0 Å². The van der Waals surface area contributed by atoms with E-state index in [1.807, 2.05) is 6.07 Å². The zero-order chi connectivity index (χ0) is 8.97. The molecule has 12 heavy (non-hydrogen) atoms. The fourth-order valence-corrected chi connectivity index (χ4v) is 1.55. The van der Waals surface area contributed by atoms with E-state index in [-0.39, 0.29) is 0 Å². The maximum Gasteiger partial charge on any atom is 0.150 e. The summed E-state index contributed by atoms with van der Waals surface area (Å²) < 4.78 is 5.85. The third-order valence-corrected chi connectivity index (χ3v) is 1.88. The molecule has 0 spiro atoms. The van der Waals surface area contributed by atoms with E-state index in [0.717, 1.165) is 16.3 Å². The molecule has 1 aromatic rings. The van der Waals surface area contributed by atoms with Crippen LogP contribution in [0, 0.1) is 0 Å². The molecule has 0 aromatic heterocycles. The van der Waals surface area contributed by atoms with Crippen LogP contribution in [0.1, 0.15) is 15.9 Å². The second kappa shape index (κ2) is 4.38. The molecule has 0 aliphatic heterocycles. The number of ether oxygens (including phenoxy) is 1. The van der Waals surface area contributed by atoms with Crippen LogP contribution in [0.15, 0.2) is 22.7 Å². The van der Waals surface area contributed by atoms with Gasteiger partial charge in [0, 0.05) is 17.1 Å². The van der Waals surface area contributed by atoms with Crippen molar-refractivity contribution >= 4 is 22.2 Å². The first-order valence-electron chi connectivity index (χ1n) is 3.50. The molecule has 0 saturated heterocycles. The van der Waals surface area contributed by atoms with Gasteiger partial charge in [0.05, 0.1) is 6.61 Å². The first kappa shape index (κ1) is 9.42. The summed E-state index contributed by atoms with van der Waals surface area (Å²) in [5, 5.41) is 0. The molecule has 0 saturated carbocycles. The largest absolute Gasteiger partial charge is 0.380 e. The average Bonchev–Trinajstić information content (AvgIpc) is 2.04. The van der Waals surface area contributed by atoms with Crippen molar-refractivity contribution in [3.63, 3.8) is 0 Å². The standard InChI is InChI=1S/C9H9BrO2/c1-12-6-8-2-7(5-11)3-9(10)4-8/h2-5H,6H2,1H3. The van der Waals surface area contributed by atoms with Crippen LogP contribution >= 0.6 is 15.9 Å². The van der Waals surface area contributed by atoms with Crippen LogP contribution in [-0.4, -0.2) is 13.4 Å². The molecular formula is C9H9BrO2. The van der Waals surface area contributed by atoms with Crippen LogP contribution in [0.4, 0.5) is 0 Å². The SMILES string of the molecule is COCc1cc(Br)cc(C=O)c1. The van der Waals surface area contributed by atoms with Gasteiger partial charge >= 0.3 is 0 Å². The summed E-state index contributed by atoms with van der Waals surface area (Å²) in [5.41, 5.74) is 1.66. The van der Waals surface area contributed by atoms with Crippen molar-refractivity contribution in [1.82, 2.24) is 0 Å². The second-order valence-electron chi connectivity index (χ2n) is 2.44. The van der Waals surface area contributed by atoms with Crippen molar-refractivity contribution in [2.75, 3.05) is 7.11 Å². The summed E-state index contributed by atoms with van der Waals surface area (Å²) in [6.07, 6.45) is 0.823. The minimum atomic E-state index is 0.528. The number of carbonyl (C=O) groups excluding carboxylic acids is 1. The zero-order valence-corrected chi connectivity index (χ0v) is 8.30. The molecule has 3 heteroatoms. The lowest BCUT2D eigenvalue weighted by Gasteiger charge is -2.01. The van der Waals surface area contributed by atoms with Gasteiger partial charge in [-0.15, -0.1) is 0 Å². The average molecular weight is 229 g/mol. The Morgan fingerprint density at radius 1 is 1.50 bits per heavy atom. The Labute approximate surface area is 79.7 Å². The monoisotopic (exact) mass is 228 g/mol. The third-order valence-electron chi connectivity index (χ3n) is 1.43. The molecule has 0 unspecified atom stereocenters. The Bertz CT molecular complexity index is 284. The predicted octanol–water partition coefficient (Wildman–Crippen LogP) is 2.41. The van der Waals surface area contributed by atoms with E-state index in [9.17, 15) is 4.79 Å². The van der Waals surface area contributed by atoms with Crippen LogP contribution in [0.2, 0.25) is 0 Å². The smallest absolute Gasteiger partial charge is 0.150 e. The van der Waals surface area contributed by atoms with Gasteiger partial charge in [-0.2, -0.15) is 0 Å². The molecule has 0 aliphatic rings. The van der Waals surface area contributed by atoms with Crippen molar-refractivity contribution in [2.24, 2.45) is 0 Å². The summed E-state index contributed by atoms with van der Waals surface area (Å²) in [5.74, 6) is 0. The molecule has 0 aliphatic carbocycles. The highest BCUT2D eigenvalue weighted by atomic mass is 79.9. The highest BCUT2D eigenvalue weighted by molar-refractivity contribution is 9.10. The number of aldehydes is 1. The lowest BCUT2D eigenvalue weighted by molar-refractivity contribution is 0.112. The van der Waals surface area contributed by atoms with Crippen molar-refractivity contribution < 1.29 is 9.53 Å². The zero-order valence-electron chi connectivity index (χ0n) is 6.71. The lowest BCUT2D eigenvalue weighted by atomic mass is 10.1. The second-order valence-corrected chi connectivity index (χ2v) is 3.36. The third kappa shape index (κ3) is 2.43. The number of hydrogen-bond donors (Lipinski definition) is 0. The molecular weight excluding hydrogens is 220 g/mol. The van der Waals surface area contributed by atoms with Gasteiger partial charge in [-0.3, -0.25) is 4.79 Å². The summed E-state index contributed by atoms with van der Waals surface area (Å²) >= 11 is 3.31. The van der Waals surface area contributed by atoms with Crippen molar-refractivity contribution in [1.29, 1.82) is 0 Å². The van der Waals surface area contributed by atoms with Crippen LogP contribution < -0.4 is 0 Å². The molecule has 2 nitrogen and oxygen atoms in total. The number of benzene rings is 1. The Hall–Kier alpha value is -0.670. The van der Waals surface area contributed by atoms with Gasteiger partial charge in [0.1, 0.15) is 6.29 Å².